The first-order valence-corrected chi connectivity index (χ1v) is 6.50. The fraction of sp³-hybridized carbons (Fsp3) is 0.154. The SMILES string of the molecule is Cc1ccc(-c2nc(-c3cncs3)c(C)[nH]2)cn1. The maximum Gasteiger partial charge on any atom is 0.139 e. The van der Waals surface area contributed by atoms with Crippen molar-refractivity contribution in [3.63, 3.8) is 0 Å². The van der Waals surface area contributed by atoms with Crippen LogP contribution in [0, 0.1) is 13.8 Å². The summed E-state index contributed by atoms with van der Waals surface area (Å²) in [6.45, 7) is 3.99. The van der Waals surface area contributed by atoms with Gasteiger partial charge in [-0.3, -0.25) is 9.97 Å². The molecule has 0 aliphatic heterocycles. The molecule has 3 rings (SSSR count). The van der Waals surface area contributed by atoms with Crippen molar-refractivity contribution in [2.24, 2.45) is 0 Å². The van der Waals surface area contributed by atoms with Gasteiger partial charge >= 0.3 is 0 Å². The van der Waals surface area contributed by atoms with Crippen molar-refractivity contribution in [2.45, 2.75) is 13.8 Å². The number of rotatable bonds is 2. The van der Waals surface area contributed by atoms with Gasteiger partial charge in [-0.05, 0) is 26.0 Å². The summed E-state index contributed by atoms with van der Waals surface area (Å²) in [5.74, 6) is 0.850. The second-order valence-corrected chi connectivity index (χ2v) is 5.00. The molecule has 0 radical (unpaired) electrons. The Morgan fingerprint density at radius 1 is 1.17 bits per heavy atom. The van der Waals surface area contributed by atoms with Gasteiger partial charge in [-0.1, -0.05) is 0 Å². The Labute approximate surface area is 109 Å². The lowest BCUT2D eigenvalue weighted by atomic mass is 10.2. The molecule has 0 fully saturated rings. The Hall–Kier alpha value is -2.01. The van der Waals surface area contributed by atoms with E-state index in [2.05, 4.69) is 19.9 Å². The fourth-order valence-electron chi connectivity index (χ4n) is 1.78. The maximum absolute atomic E-state index is 4.63. The maximum atomic E-state index is 4.63. The minimum Gasteiger partial charge on any atom is -0.341 e. The van der Waals surface area contributed by atoms with E-state index in [1.165, 1.54) is 0 Å². The van der Waals surface area contributed by atoms with E-state index < -0.39 is 0 Å². The van der Waals surface area contributed by atoms with Gasteiger partial charge in [0.25, 0.3) is 0 Å². The summed E-state index contributed by atoms with van der Waals surface area (Å²) in [6.07, 6.45) is 3.68. The monoisotopic (exact) mass is 256 g/mol. The van der Waals surface area contributed by atoms with E-state index in [9.17, 15) is 0 Å². The summed E-state index contributed by atoms with van der Waals surface area (Å²) in [5, 5.41) is 0. The first-order valence-electron chi connectivity index (χ1n) is 5.62. The number of hydrogen-bond acceptors (Lipinski definition) is 4. The van der Waals surface area contributed by atoms with Crippen LogP contribution in [0.1, 0.15) is 11.4 Å². The molecule has 3 heterocycles. The summed E-state index contributed by atoms with van der Waals surface area (Å²) in [6, 6.07) is 4.01. The number of pyridine rings is 1. The van der Waals surface area contributed by atoms with Gasteiger partial charge < -0.3 is 4.98 Å². The van der Waals surface area contributed by atoms with Crippen LogP contribution in [0.5, 0.6) is 0 Å². The van der Waals surface area contributed by atoms with Crippen LogP contribution >= 0.6 is 11.3 Å². The standard InChI is InChI=1S/C13H12N4S/c1-8-3-4-10(5-15-8)13-16-9(2)12(17-13)11-6-14-7-18-11/h3-7H,1-2H3,(H,16,17). The van der Waals surface area contributed by atoms with Crippen LogP contribution in [0.2, 0.25) is 0 Å². The van der Waals surface area contributed by atoms with Gasteiger partial charge in [0.1, 0.15) is 11.5 Å². The number of aromatic nitrogens is 4. The number of hydrogen-bond donors (Lipinski definition) is 1. The van der Waals surface area contributed by atoms with Gasteiger partial charge in [0.05, 0.1) is 10.4 Å². The van der Waals surface area contributed by atoms with E-state index in [1.807, 2.05) is 43.9 Å². The molecule has 1 N–H and O–H groups in total. The third-order valence-electron chi connectivity index (χ3n) is 2.74. The van der Waals surface area contributed by atoms with Gasteiger partial charge in [0.15, 0.2) is 0 Å². The fourth-order valence-corrected chi connectivity index (χ4v) is 2.44. The summed E-state index contributed by atoms with van der Waals surface area (Å²) < 4.78 is 0. The minimum absolute atomic E-state index is 0.850. The molecule has 0 aromatic carbocycles. The quantitative estimate of drug-likeness (QED) is 0.766. The van der Waals surface area contributed by atoms with Crippen LogP contribution in [0.25, 0.3) is 22.0 Å². The van der Waals surface area contributed by atoms with Crippen LogP contribution in [-0.4, -0.2) is 19.9 Å². The number of imidazole rings is 1. The highest BCUT2D eigenvalue weighted by Gasteiger charge is 2.11. The number of thiazole rings is 1. The topological polar surface area (TPSA) is 54.5 Å². The molecule has 0 atom stereocenters. The van der Waals surface area contributed by atoms with Crippen LogP contribution in [0.15, 0.2) is 30.0 Å². The molecule has 3 aromatic heterocycles. The van der Waals surface area contributed by atoms with Crippen molar-refractivity contribution in [2.75, 3.05) is 0 Å². The van der Waals surface area contributed by atoms with Gasteiger partial charge in [-0.25, -0.2) is 4.98 Å². The molecule has 0 saturated carbocycles. The number of aryl methyl sites for hydroxylation is 2. The van der Waals surface area contributed by atoms with Crippen LogP contribution in [0.3, 0.4) is 0 Å². The van der Waals surface area contributed by atoms with Crippen molar-refractivity contribution < 1.29 is 0 Å². The van der Waals surface area contributed by atoms with Crippen molar-refractivity contribution in [1.29, 1.82) is 0 Å². The lowest BCUT2D eigenvalue weighted by Gasteiger charge is -1.96. The molecule has 0 bridgehead atoms. The van der Waals surface area contributed by atoms with Crippen LogP contribution in [-0.2, 0) is 0 Å². The Morgan fingerprint density at radius 2 is 2.06 bits per heavy atom. The second-order valence-electron chi connectivity index (χ2n) is 4.11. The van der Waals surface area contributed by atoms with Gasteiger partial charge in [-0.2, -0.15) is 0 Å². The molecular formula is C13H12N4S. The van der Waals surface area contributed by atoms with Crippen molar-refractivity contribution in [3.05, 3.63) is 41.4 Å². The van der Waals surface area contributed by atoms with Crippen LogP contribution in [0.4, 0.5) is 0 Å². The van der Waals surface area contributed by atoms with Gasteiger partial charge in [-0.15, -0.1) is 11.3 Å². The zero-order valence-electron chi connectivity index (χ0n) is 10.1. The molecule has 0 spiro atoms. The number of nitrogens with one attached hydrogen (secondary N) is 1. The summed E-state index contributed by atoms with van der Waals surface area (Å²) in [7, 11) is 0. The molecule has 0 unspecified atom stereocenters. The Kier molecular flexibility index (Phi) is 2.68. The van der Waals surface area contributed by atoms with E-state index in [0.29, 0.717) is 0 Å². The molecular weight excluding hydrogens is 244 g/mol. The molecule has 3 aromatic rings. The molecule has 0 amide bonds. The zero-order valence-corrected chi connectivity index (χ0v) is 11.0. The molecule has 18 heavy (non-hydrogen) atoms. The third-order valence-corrected chi connectivity index (χ3v) is 3.52. The number of aromatic amines is 1. The first kappa shape index (κ1) is 11.1. The Morgan fingerprint density at radius 3 is 2.72 bits per heavy atom. The third kappa shape index (κ3) is 1.93. The molecule has 0 saturated heterocycles. The van der Waals surface area contributed by atoms with Crippen molar-refractivity contribution >= 4 is 11.3 Å². The van der Waals surface area contributed by atoms with E-state index in [-0.39, 0.29) is 0 Å². The molecule has 4 nitrogen and oxygen atoms in total. The highest BCUT2D eigenvalue weighted by molar-refractivity contribution is 7.13. The predicted octanol–water partition coefficient (Wildman–Crippen LogP) is 3.21. The molecule has 5 heteroatoms. The van der Waals surface area contributed by atoms with Crippen molar-refractivity contribution in [1.82, 2.24) is 19.9 Å². The summed E-state index contributed by atoms with van der Waals surface area (Å²) in [4.78, 5) is 17.4. The molecule has 0 aliphatic carbocycles. The Balaban J connectivity index is 2.05. The smallest absolute Gasteiger partial charge is 0.139 e. The largest absolute Gasteiger partial charge is 0.341 e. The van der Waals surface area contributed by atoms with Crippen molar-refractivity contribution in [3.8, 4) is 22.0 Å². The zero-order chi connectivity index (χ0) is 12.5. The Bertz CT molecular complexity index is 653. The lowest BCUT2D eigenvalue weighted by molar-refractivity contribution is 1.18. The van der Waals surface area contributed by atoms with E-state index in [4.69, 9.17) is 0 Å². The average molecular weight is 256 g/mol. The highest BCUT2D eigenvalue weighted by atomic mass is 32.1. The second kappa shape index (κ2) is 4.34. The average Bonchev–Trinajstić information content (AvgIpc) is 2.99. The molecule has 0 aliphatic rings. The van der Waals surface area contributed by atoms with E-state index >= 15 is 0 Å². The van der Waals surface area contributed by atoms with E-state index in [1.54, 1.807) is 11.3 Å². The minimum atomic E-state index is 0.850. The van der Waals surface area contributed by atoms with Gasteiger partial charge in [0, 0.05) is 29.3 Å². The summed E-state index contributed by atoms with van der Waals surface area (Å²) in [5.41, 5.74) is 5.84. The highest BCUT2D eigenvalue weighted by Crippen LogP contribution is 2.27. The number of nitrogens with zero attached hydrogens (tertiary/aromatic N) is 3. The van der Waals surface area contributed by atoms with E-state index in [0.717, 1.165) is 33.3 Å². The molecule has 90 valence electrons. The normalized spacial score (nSPS) is 10.8. The lowest BCUT2D eigenvalue weighted by Crippen LogP contribution is -1.84. The first-order chi connectivity index (χ1) is 8.74. The van der Waals surface area contributed by atoms with Crippen LogP contribution < -0.4 is 0 Å². The summed E-state index contributed by atoms with van der Waals surface area (Å²) >= 11 is 1.59. The number of H-pyrrole nitrogens is 1. The van der Waals surface area contributed by atoms with Gasteiger partial charge in [0.2, 0.25) is 0 Å². The predicted molar refractivity (Wildman–Crippen MR) is 72.4 cm³/mol.